The van der Waals surface area contributed by atoms with Crippen molar-refractivity contribution in [1.82, 2.24) is 0 Å². The van der Waals surface area contributed by atoms with E-state index in [2.05, 4.69) is 181 Å². The third kappa shape index (κ3) is 5.67. The Hall–Kier alpha value is -5.08. The molecule has 0 N–H and O–H groups in total. The molecule has 6 rings (SSSR count). The van der Waals surface area contributed by atoms with Crippen LogP contribution in [-0.4, -0.2) is 7.05 Å². The van der Waals surface area contributed by atoms with Gasteiger partial charge in [0.25, 0.3) is 0 Å². The molecule has 0 aliphatic rings. The van der Waals surface area contributed by atoms with E-state index < -0.39 is 0 Å². The van der Waals surface area contributed by atoms with Gasteiger partial charge in [0.1, 0.15) is 0 Å². The third-order valence-electron chi connectivity index (χ3n) is 7.29. The second kappa shape index (κ2) is 11.8. The minimum atomic E-state index is 0.942. The van der Waals surface area contributed by atoms with Gasteiger partial charge in [0.15, 0.2) is 0 Å². The summed E-state index contributed by atoms with van der Waals surface area (Å²) in [5.74, 6) is 0. The van der Waals surface area contributed by atoms with Gasteiger partial charge in [0.05, 0.1) is 0 Å². The van der Waals surface area contributed by atoms with Crippen molar-refractivity contribution in [3.05, 3.63) is 175 Å². The molecule has 0 aromatic heterocycles. The second-order valence-electron chi connectivity index (χ2n) is 9.99. The lowest BCUT2D eigenvalue weighted by Gasteiger charge is -2.26. The van der Waals surface area contributed by atoms with Gasteiger partial charge < -0.3 is 9.80 Å². The number of hydrogen-bond acceptors (Lipinski definition) is 2. The molecule has 0 atom stereocenters. The quantitative estimate of drug-likeness (QED) is 0.199. The summed E-state index contributed by atoms with van der Waals surface area (Å²) in [6, 6.07) is 58.1. The molecule has 0 fully saturated rings. The Bertz CT molecular complexity index is 1600. The van der Waals surface area contributed by atoms with Crippen LogP contribution < -0.4 is 9.80 Å². The predicted molar refractivity (Wildman–Crippen MR) is 170 cm³/mol. The number of nitrogens with zero attached hydrogens (tertiary/aromatic N) is 2. The van der Waals surface area contributed by atoms with Crippen LogP contribution in [0.3, 0.4) is 0 Å². The summed E-state index contributed by atoms with van der Waals surface area (Å²) < 4.78 is 0. The molecular weight excluding hydrogens is 484 g/mol. The molecule has 2 nitrogen and oxygen atoms in total. The highest BCUT2D eigenvalue weighted by Crippen LogP contribution is 2.36. The average molecular weight is 517 g/mol. The number of benzene rings is 6. The van der Waals surface area contributed by atoms with Crippen molar-refractivity contribution >= 4 is 28.4 Å². The van der Waals surface area contributed by atoms with E-state index in [-0.39, 0.29) is 0 Å². The minimum absolute atomic E-state index is 0.942. The fraction of sp³-hybridized carbons (Fsp3) is 0.0526. The molecule has 6 aromatic carbocycles. The molecular formula is C38H32N2. The largest absolute Gasteiger partial charge is 0.345 e. The highest BCUT2D eigenvalue weighted by molar-refractivity contribution is 5.78. The molecule has 194 valence electrons. The standard InChI is InChI=1S/C38H32N2/c1-39(34-22-20-32(21-23-34)33-15-11-14-31(29-33)28-30-12-5-2-6-13-30)35-24-26-38(27-25-35)40(36-16-7-3-8-17-36)37-18-9-4-10-19-37/h2-27,29H,28H2,1H3. The summed E-state index contributed by atoms with van der Waals surface area (Å²) in [7, 11) is 2.12. The van der Waals surface area contributed by atoms with Crippen LogP contribution in [0.1, 0.15) is 11.1 Å². The zero-order valence-electron chi connectivity index (χ0n) is 22.7. The van der Waals surface area contributed by atoms with Gasteiger partial charge in [0.2, 0.25) is 0 Å². The molecule has 0 unspecified atom stereocenters. The summed E-state index contributed by atoms with van der Waals surface area (Å²) in [6.07, 6.45) is 0.942. The molecule has 0 aliphatic carbocycles. The molecule has 0 aliphatic heterocycles. The maximum atomic E-state index is 2.30. The Morgan fingerprint density at radius 2 is 0.825 bits per heavy atom. The van der Waals surface area contributed by atoms with Crippen molar-refractivity contribution in [2.45, 2.75) is 6.42 Å². The van der Waals surface area contributed by atoms with E-state index >= 15 is 0 Å². The monoisotopic (exact) mass is 516 g/mol. The van der Waals surface area contributed by atoms with Crippen molar-refractivity contribution in [3.8, 4) is 11.1 Å². The lowest BCUT2D eigenvalue weighted by molar-refractivity contribution is 1.19. The fourth-order valence-electron chi connectivity index (χ4n) is 5.15. The molecule has 0 radical (unpaired) electrons. The van der Waals surface area contributed by atoms with Gasteiger partial charge in [-0.25, -0.2) is 0 Å². The SMILES string of the molecule is CN(c1ccc(-c2cccc(Cc3ccccc3)c2)cc1)c1ccc(N(c2ccccc2)c2ccccc2)cc1. The zero-order chi connectivity index (χ0) is 27.1. The summed E-state index contributed by atoms with van der Waals surface area (Å²) in [4.78, 5) is 4.51. The first-order valence-electron chi connectivity index (χ1n) is 13.7. The highest BCUT2D eigenvalue weighted by atomic mass is 15.1. The van der Waals surface area contributed by atoms with Crippen LogP contribution in [0.15, 0.2) is 164 Å². The Balaban J connectivity index is 1.20. The molecule has 0 saturated heterocycles. The Labute approximate surface area is 237 Å². The van der Waals surface area contributed by atoms with E-state index in [0.29, 0.717) is 0 Å². The van der Waals surface area contributed by atoms with Gasteiger partial charge in [-0.2, -0.15) is 0 Å². The smallest absolute Gasteiger partial charge is 0.0463 e. The summed E-state index contributed by atoms with van der Waals surface area (Å²) >= 11 is 0. The first-order valence-corrected chi connectivity index (χ1v) is 13.7. The Morgan fingerprint density at radius 3 is 1.40 bits per heavy atom. The number of anilines is 5. The lowest BCUT2D eigenvalue weighted by Crippen LogP contribution is -2.11. The predicted octanol–water partition coefficient (Wildman–Crippen LogP) is 10.2. The topological polar surface area (TPSA) is 6.48 Å². The average Bonchev–Trinajstić information content (AvgIpc) is 3.03. The maximum absolute atomic E-state index is 2.30. The van der Waals surface area contributed by atoms with E-state index in [0.717, 1.165) is 34.9 Å². The fourth-order valence-corrected chi connectivity index (χ4v) is 5.15. The van der Waals surface area contributed by atoms with Crippen molar-refractivity contribution in [3.63, 3.8) is 0 Å². The molecule has 2 heteroatoms. The molecule has 0 bridgehead atoms. The molecule has 6 aromatic rings. The minimum Gasteiger partial charge on any atom is -0.345 e. The second-order valence-corrected chi connectivity index (χ2v) is 9.99. The Kier molecular flexibility index (Phi) is 7.41. The number of rotatable bonds is 8. The van der Waals surface area contributed by atoms with Crippen molar-refractivity contribution in [2.24, 2.45) is 0 Å². The van der Waals surface area contributed by atoms with E-state index in [1.807, 2.05) is 0 Å². The summed E-state index contributed by atoms with van der Waals surface area (Å²) in [5.41, 5.74) is 10.8. The summed E-state index contributed by atoms with van der Waals surface area (Å²) in [6.45, 7) is 0. The van der Waals surface area contributed by atoms with Crippen molar-refractivity contribution < 1.29 is 0 Å². The van der Waals surface area contributed by atoms with Gasteiger partial charge in [-0.05, 0) is 89.3 Å². The van der Waals surface area contributed by atoms with Crippen LogP contribution in [0.2, 0.25) is 0 Å². The normalized spacial score (nSPS) is 10.7. The van der Waals surface area contributed by atoms with Crippen LogP contribution in [-0.2, 0) is 6.42 Å². The zero-order valence-corrected chi connectivity index (χ0v) is 22.7. The first-order chi connectivity index (χ1) is 19.7. The van der Waals surface area contributed by atoms with Crippen molar-refractivity contribution in [2.75, 3.05) is 16.8 Å². The summed E-state index contributed by atoms with van der Waals surface area (Å²) in [5, 5.41) is 0. The van der Waals surface area contributed by atoms with E-state index in [1.54, 1.807) is 0 Å². The van der Waals surface area contributed by atoms with Crippen LogP contribution in [0.4, 0.5) is 28.4 Å². The molecule has 0 spiro atoms. The first kappa shape index (κ1) is 25.2. The third-order valence-corrected chi connectivity index (χ3v) is 7.29. The maximum Gasteiger partial charge on any atom is 0.0463 e. The van der Waals surface area contributed by atoms with Gasteiger partial charge in [-0.1, -0.05) is 103 Å². The van der Waals surface area contributed by atoms with Crippen LogP contribution in [0.5, 0.6) is 0 Å². The van der Waals surface area contributed by atoms with Crippen molar-refractivity contribution in [1.29, 1.82) is 0 Å². The molecule has 0 saturated carbocycles. The molecule has 0 heterocycles. The van der Waals surface area contributed by atoms with E-state index in [4.69, 9.17) is 0 Å². The lowest BCUT2D eigenvalue weighted by atomic mass is 9.99. The van der Waals surface area contributed by atoms with Gasteiger partial charge >= 0.3 is 0 Å². The van der Waals surface area contributed by atoms with Crippen LogP contribution in [0.25, 0.3) is 11.1 Å². The Morgan fingerprint density at radius 1 is 0.375 bits per heavy atom. The van der Waals surface area contributed by atoms with E-state index in [1.165, 1.54) is 22.3 Å². The van der Waals surface area contributed by atoms with Crippen LogP contribution in [0, 0.1) is 0 Å². The van der Waals surface area contributed by atoms with E-state index in [9.17, 15) is 0 Å². The van der Waals surface area contributed by atoms with Gasteiger partial charge in [-0.15, -0.1) is 0 Å². The number of hydrogen-bond donors (Lipinski definition) is 0. The number of para-hydroxylation sites is 2. The van der Waals surface area contributed by atoms with Gasteiger partial charge in [-0.3, -0.25) is 0 Å². The van der Waals surface area contributed by atoms with Gasteiger partial charge in [0, 0.05) is 35.5 Å². The molecule has 40 heavy (non-hydrogen) atoms. The highest BCUT2D eigenvalue weighted by Gasteiger charge is 2.13. The molecule has 0 amide bonds. The van der Waals surface area contributed by atoms with Crippen LogP contribution >= 0.6 is 0 Å².